The van der Waals surface area contributed by atoms with Crippen LogP contribution < -0.4 is 5.32 Å². The number of piperidine rings is 1. The molecular weight excluding hydrogens is 240 g/mol. The van der Waals surface area contributed by atoms with Gasteiger partial charge in [-0.05, 0) is 32.7 Å². The standard InChI is InChI=1S/C14H24N4O/c1-17(9-11-8-15-18(10-11)4-5-19)14-6-12-2-3-13(7-14)16-12/h8,10,12-14,16,19H,2-7,9H2,1H3. The number of aliphatic hydroxyl groups excluding tert-OH is 1. The fourth-order valence-electron chi connectivity index (χ4n) is 3.52. The first-order valence-electron chi connectivity index (χ1n) is 7.33. The van der Waals surface area contributed by atoms with Crippen molar-refractivity contribution in [3.8, 4) is 0 Å². The van der Waals surface area contributed by atoms with Gasteiger partial charge in [0.2, 0.25) is 0 Å². The number of fused-ring (bicyclic) bond motifs is 2. The average molecular weight is 264 g/mol. The van der Waals surface area contributed by atoms with Crippen LogP contribution in [0.15, 0.2) is 12.4 Å². The van der Waals surface area contributed by atoms with Gasteiger partial charge in [-0.3, -0.25) is 9.58 Å². The van der Waals surface area contributed by atoms with Gasteiger partial charge < -0.3 is 10.4 Å². The van der Waals surface area contributed by atoms with E-state index in [0.29, 0.717) is 12.6 Å². The summed E-state index contributed by atoms with van der Waals surface area (Å²) in [5.41, 5.74) is 1.24. The molecule has 0 aromatic carbocycles. The van der Waals surface area contributed by atoms with Gasteiger partial charge in [-0.15, -0.1) is 0 Å². The first-order valence-corrected chi connectivity index (χ1v) is 7.33. The zero-order valence-corrected chi connectivity index (χ0v) is 11.6. The van der Waals surface area contributed by atoms with Crippen molar-refractivity contribution in [3.63, 3.8) is 0 Å². The lowest BCUT2D eigenvalue weighted by atomic mass is 9.98. The monoisotopic (exact) mass is 264 g/mol. The second-order valence-corrected chi connectivity index (χ2v) is 6.01. The van der Waals surface area contributed by atoms with Crippen LogP contribution in [0.5, 0.6) is 0 Å². The van der Waals surface area contributed by atoms with Crippen LogP contribution in [0.1, 0.15) is 31.2 Å². The van der Waals surface area contributed by atoms with E-state index in [2.05, 4.69) is 22.4 Å². The van der Waals surface area contributed by atoms with Gasteiger partial charge in [0, 0.05) is 36.4 Å². The quantitative estimate of drug-likeness (QED) is 0.817. The molecule has 1 aromatic heterocycles. The van der Waals surface area contributed by atoms with Crippen LogP contribution in [0, 0.1) is 0 Å². The molecule has 0 aliphatic carbocycles. The molecule has 1 aromatic rings. The van der Waals surface area contributed by atoms with Crippen LogP contribution in [0.3, 0.4) is 0 Å². The van der Waals surface area contributed by atoms with Crippen molar-refractivity contribution in [2.75, 3.05) is 13.7 Å². The van der Waals surface area contributed by atoms with Gasteiger partial charge in [0.1, 0.15) is 0 Å². The highest BCUT2D eigenvalue weighted by molar-refractivity contribution is 5.05. The Morgan fingerprint density at radius 1 is 1.42 bits per heavy atom. The van der Waals surface area contributed by atoms with Gasteiger partial charge in [0.15, 0.2) is 0 Å². The molecule has 2 aliphatic rings. The van der Waals surface area contributed by atoms with E-state index in [-0.39, 0.29) is 6.61 Å². The molecule has 5 heteroatoms. The highest BCUT2D eigenvalue weighted by Gasteiger charge is 2.34. The van der Waals surface area contributed by atoms with Crippen molar-refractivity contribution in [2.45, 2.75) is 56.9 Å². The van der Waals surface area contributed by atoms with Crippen LogP contribution in [0.25, 0.3) is 0 Å². The summed E-state index contributed by atoms with van der Waals surface area (Å²) in [4.78, 5) is 2.46. The van der Waals surface area contributed by atoms with Crippen LogP contribution >= 0.6 is 0 Å². The van der Waals surface area contributed by atoms with E-state index in [0.717, 1.165) is 18.6 Å². The zero-order valence-electron chi connectivity index (χ0n) is 11.6. The van der Waals surface area contributed by atoms with Crippen LogP contribution in [0.4, 0.5) is 0 Å². The molecule has 2 aliphatic heterocycles. The normalized spacial score (nSPS) is 30.2. The van der Waals surface area contributed by atoms with E-state index in [1.165, 1.54) is 31.2 Å². The summed E-state index contributed by atoms with van der Waals surface area (Å²) in [6, 6.07) is 2.17. The second kappa shape index (κ2) is 5.61. The van der Waals surface area contributed by atoms with Gasteiger partial charge in [0.25, 0.3) is 0 Å². The SMILES string of the molecule is CN(Cc1cnn(CCO)c1)C1CC2CCC(C1)N2. The molecule has 2 N–H and O–H groups in total. The third kappa shape index (κ3) is 2.99. The molecule has 2 saturated heterocycles. The summed E-state index contributed by atoms with van der Waals surface area (Å²) in [6.07, 6.45) is 9.21. The van der Waals surface area contributed by atoms with Gasteiger partial charge in [-0.2, -0.15) is 5.10 Å². The zero-order chi connectivity index (χ0) is 13.2. The van der Waals surface area contributed by atoms with Crippen molar-refractivity contribution < 1.29 is 5.11 Å². The Hall–Kier alpha value is -0.910. The summed E-state index contributed by atoms with van der Waals surface area (Å²) >= 11 is 0. The Labute approximate surface area is 114 Å². The number of nitrogens with zero attached hydrogens (tertiary/aromatic N) is 3. The molecule has 19 heavy (non-hydrogen) atoms. The molecule has 2 fully saturated rings. The van der Waals surface area contributed by atoms with Gasteiger partial charge >= 0.3 is 0 Å². The van der Waals surface area contributed by atoms with E-state index in [4.69, 9.17) is 5.11 Å². The maximum Gasteiger partial charge on any atom is 0.0640 e. The number of hydrogen-bond acceptors (Lipinski definition) is 4. The van der Waals surface area contributed by atoms with Crippen molar-refractivity contribution in [3.05, 3.63) is 18.0 Å². The molecule has 5 nitrogen and oxygen atoms in total. The molecule has 2 atom stereocenters. The number of aliphatic hydroxyl groups is 1. The van der Waals surface area contributed by atoms with Crippen LogP contribution in [0.2, 0.25) is 0 Å². The molecule has 0 saturated carbocycles. The van der Waals surface area contributed by atoms with Gasteiger partial charge in [0.05, 0.1) is 19.3 Å². The number of nitrogens with one attached hydrogen (secondary N) is 1. The predicted molar refractivity (Wildman–Crippen MR) is 73.7 cm³/mol. The fourth-order valence-corrected chi connectivity index (χ4v) is 3.52. The molecular formula is C14H24N4O. The predicted octanol–water partition coefficient (Wildman–Crippen LogP) is 0.590. The van der Waals surface area contributed by atoms with Gasteiger partial charge in [-0.1, -0.05) is 0 Å². The average Bonchev–Trinajstić information content (AvgIpc) is 2.97. The maximum atomic E-state index is 8.90. The largest absolute Gasteiger partial charge is 0.394 e. The summed E-state index contributed by atoms with van der Waals surface area (Å²) in [6.45, 7) is 1.69. The van der Waals surface area contributed by atoms with Crippen molar-refractivity contribution in [2.24, 2.45) is 0 Å². The van der Waals surface area contributed by atoms with Crippen molar-refractivity contribution >= 4 is 0 Å². The smallest absolute Gasteiger partial charge is 0.0640 e. The van der Waals surface area contributed by atoms with Crippen molar-refractivity contribution in [1.82, 2.24) is 20.0 Å². The lowest BCUT2D eigenvalue weighted by molar-refractivity contribution is 0.166. The molecule has 0 radical (unpaired) electrons. The third-order valence-electron chi connectivity index (χ3n) is 4.52. The minimum atomic E-state index is 0.147. The molecule has 106 valence electrons. The highest BCUT2D eigenvalue weighted by atomic mass is 16.3. The summed E-state index contributed by atoms with van der Waals surface area (Å²) < 4.78 is 1.81. The molecule has 2 unspecified atom stereocenters. The van der Waals surface area contributed by atoms with Gasteiger partial charge in [-0.25, -0.2) is 0 Å². The Morgan fingerprint density at radius 3 is 2.84 bits per heavy atom. The number of aromatic nitrogens is 2. The maximum absolute atomic E-state index is 8.90. The molecule has 2 bridgehead atoms. The summed E-state index contributed by atoms with van der Waals surface area (Å²) in [5.74, 6) is 0. The van der Waals surface area contributed by atoms with E-state index in [1.54, 1.807) is 0 Å². The van der Waals surface area contributed by atoms with E-state index in [9.17, 15) is 0 Å². The van der Waals surface area contributed by atoms with Crippen LogP contribution in [-0.2, 0) is 13.1 Å². The third-order valence-corrected chi connectivity index (χ3v) is 4.52. The van der Waals surface area contributed by atoms with Crippen molar-refractivity contribution in [1.29, 1.82) is 0 Å². The summed E-state index contributed by atoms with van der Waals surface area (Å²) in [5, 5.41) is 16.9. The topological polar surface area (TPSA) is 53.3 Å². The Balaban J connectivity index is 1.56. The minimum absolute atomic E-state index is 0.147. The van der Waals surface area contributed by atoms with Crippen LogP contribution in [-0.4, -0.2) is 51.6 Å². The lowest BCUT2D eigenvalue weighted by Crippen LogP contribution is -2.46. The molecule has 3 heterocycles. The van der Waals surface area contributed by atoms with E-state index >= 15 is 0 Å². The molecule has 0 amide bonds. The Bertz CT molecular complexity index is 407. The Morgan fingerprint density at radius 2 is 2.16 bits per heavy atom. The molecule has 0 spiro atoms. The summed E-state index contributed by atoms with van der Waals surface area (Å²) in [7, 11) is 2.22. The first-order chi connectivity index (χ1) is 9.24. The van der Waals surface area contributed by atoms with E-state index < -0.39 is 0 Å². The second-order valence-electron chi connectivity index (χ2n) is 6.01. The minimum Gasteiger partial charge on any atom is -0.394 e. The fraction of sp³-hybridized carbons (Fsp3) is 0.786. The highest BCUT2D eigenvalue weighted by Crippen LogP contribution is 2.29. The lowest BCUT2D eigenvalue weighted by Gasteiger charge is -2.35. The number of hydrogen-bond donors (Lipinski definition) is 2. The van der Waals surface area contributed by atoms with E-state index in [1.807, 2.05) is 17.1 Å². The molecule has 3 rings (SSSR count). The Kier molecular flexibility index (Phi) is 3.86. The number of rotatable bonds is 5. The first kappa shape index (κ1) is 13.1.